The van der Waals surface area contributed by atoms with Crippen LogP contribution < -0.4 is 5.32 Å². The smallest absolute Gasteiger partial charge is 0.251 e. The standard InChI is InChI=1S/C19H19N3O3/c1-12-21-15-5-4-14(11-17(15)25-12)19(23)22-16-3-2-10-24-18(16)13-6-8-20-9-7-13/h4-9,11,16,18H,2-3,10H2,1H3,(H,22,23)/t16-,18+/m0/s1. The lowest BCUT2D eigenvalue weighted by Crippen LogP contribution is -2.42. The summed E-state index contributed by atoms with van der Waals surface area (Å²) in [6, 6.07) is 9.09. The highest BCUT2D eigenvalue weighted by atomic mass is 16.5. The van der Waals surface area contributed by atoms with Crippen molar-refractivity contribution in [2.75, 3.05) is 6.61 Å². The van der Waals surface area contributed by atoms with Gasteiger partial charge < -0.3 is 14.5 Å². The quantitative estimate of drug-likeness (QED) is 0.794. The van der Waals surface area contributed by atoms with Crippen LogP contribution in [0.5, 0.6) is 0 Å². The molecule has 1 N–H and O–H groups in total. The van der Waals surface area contributed by atoms with Gasteiger partial charge in [0.1, 0.15) is 11.6 Å². The molecule has 0 saturated carbocycles. The first-order valence-electron chi connectivity index (χ1n) is 8.40. The van der Waals surface area contributed by atoms with Gasteiger partial charge in [-0.05, 0) is 48.7 Å². The molecule has 0 radical (unpaired) electrons. The number of rotatable bonds is 3. The average molecular weight is 337 g/mol. The Hall–Kier alpha value is -2.73. The molecule has 25 heavy (non-hydrogen) atoms. The van der Waals surface area contributed by atoms with Crippen molar-refractivity contribution in [1.82, 2.24) is 15.3 Å². The van der Waals surface area contributed by atoms with Gasteiger partial charge in [-0.25, -0.2) is 4.98 Å². The van der Waals surface area contributed by atoms with Gasteiger partial charge in [0.2, 0.25) is 0 Å². The number of carbonyl (C=O) groups excluding carboxylic acids is 1. The van der Waals surface area contributed by atoms with Crippen LogP contribution in [0.1, 0.15) is 40.8 Å². The molecule has 6 nitrogen and oxygen atoms in total. The fraction of sp³-hybridized carbons (Fsp3) is 0.316. The van der Waals surface area contributed by atoms with E-state index >= 15 is 0 Å². The first kappa shape index (κ1) is 15.8. The van der Waals surface area contributed by atoms with E-state index < -0.39 is 0 Å². The molecule has 6 heteroatoms. The molecule has 1 aliphatic heterocycles. The van der Waals surface area contributed by atoms with Gasteiger partial charge >= 0.3 is 0 Å². The third-order valence-electron chi connectivity index (χ3n) is 4.43. The van der Waals surface area contributed by atoms with Gasteiger partial charge in [-0.3, -0.25) is 9.78 Å². The van der Waals surface area contributed by atoms with Gasteiger partial charge in [-0.2, -0.15) is 0 Å². The van der Waals surface area contributed by atoms with Crippen LogP contribution in [0.4, 0.5) is 0 Å². The van der Waals surface area contributed by atoms with Gasteiger partial charge in [0.15, 0.2) is 11.5 Å². The number of pyridine rings is 1. The van der Waals surface area contributed by atoms with Crippen LogP contribution in [0.3, 0.4) is 0 Å². The van der Waals surface area contributed by atoms with E-state index in [1.165, 1.54) is 0 Å². The summed E-state index contributed by atoms with van der Waals surface area (Å²) in [6.07, 6.45) is 5.13. The summed E-state index contributed by atoms with van der Waals surface area (Å²) in [5, 5.41) is 3.11. The molecule has 2 atom stereocenters. The zero-order valence-electron chi connectivity index (χ0n) is 13.9. The maximum atomic E-state index is 12.7. The Morgan fingerprint density at radius 1 is 1.24 bits per heavy atom. The first-order chi connectivity index (χ1) is 12.2. The number of fused-ring (bicyclic) bond motifs is 1. The molecule has 0 unspecified atom stereocenters. The minimum Gasteiger partial charge on any atom is -0.441 e. The molecule has 0 spiro atoms. The molecular weight excluding hydrogens is 318 g/mol. The number of carbonyl (C=O) groups is 1. The lowest BCUT2D eigenvalue weighted by Gasteiger charge is -2.32. The largest absolute Gasteiger partial charge is 0.441 e. The number of oxazole rings is 1. The number of nitrogens with one attached hydrogen (secondary N) is 1. The predicted molar refractivity (Wildman–Crippen MR) is 92.2 cm³/mol. The van der Waals surface area contributed by atoms with Crippen LogP contribution in [0, 0.1) is 6.92 Å². The van der Waals surface area contributed by atoms with Crippen molar-refractivity contribution in [2.45, 2.75) is 31.9 Å². The van der Waals surface area contributed by atoms with Gasteiger partial charge in [0, 0.05) is 31.5 Å². The summed E-state index contributed by atoms with van der Waals surface area (Å²) in [7, 11) is 0. The molecule has 3 aromatic rings. The van der Waals surface area contributed by atoms with Crippen molar-refractivity contribution in [3.63, 3.8) is 0 Å². The fourth-order valence-electron chi connectivity index (χ4n) is 3.24. The van der Waals surface area contributed by atoms with Gasteiger partial charge in [0.25, 0.3) is 5.91 Å². The minimum atomic E-state index is -0.156. The first-order valence-corrected chi connectivity index (χ1v) is 8.40. The zero-order chi connectivity index (χ0) is 17.2. The van der Waals surface area contributed by atoms with E-state index in [9.17, 15) is 4.79 Å². The van der Waals surface area contributed by atoms with E-state index in [1.807, 2.05) is 12.1 Å². The summed E-state index contributed by atoms with van der Waals surface area (Å²) in [5.74, 6) is 0.455. The number of hydrogen-bond acceptors (Lipinski definition) is 5. The number of ether oxygens (including phenoxy) is 1. The Kier molecular flexibility index (Phi) is 4.19. The molecule has 1 fully saturated rings. The Labute approximate surface area is 145 Å². The number of hydrogen-bond donors (Lipinski definition) is 1. The van der Waals surface area contributed by atoms with Crippen LogP contribution in [0.25, 0.3) is 11.1 Å². The molecular formula is C19H19N3O3. The monoisotopic (exact) mass is 337 g/mol. The molecule has 1 amide bonds. The molecule has 1 aromatic carbocycles. The van der Waals surface area contributed by atoms with Crippen molar-refractivity contribution >= 4 is 17.0 Å². The Morgan fingerprint density at radius 3 is 2.92 bits per heavy atom. The van der Waals surface area contributed by atoms with E-state index in [2.05, 4.69) is 15.3 Å². The number of aryl methyl sites for hydroxylation is 1. The summed E-state index contributed by atoms with van der Waals surface area (Å²) in [4.78, 5) is 21.0. The Bertz CT molecular complexity index is 891. The number of nitrogens with zero attached hydrogens (tertiary/aromatic N) is 2. The summed E-state index contributed by atoms with van der Waals surface area (Å²) in [6.45, 7) is 2.49. The summed E-state index contributed by atoms with van der Waals surface area (Å²) >= 11 is 0. The molecule has 0 bridgehead atoms. The SMILES string of the molecule is Cc1nc2ccc(C(=O)N[C@H]3CCCO[C@@H]3c3ccncc3)cc2o1. The lowest BCUT2D eigenvalue weighted by atomic mass is 9.96. The number of amides is 1. The maximum Gasteiger partial charge on any atom is 0.251 e. The van der Waals surface area contributed by atoms with Gasteiger partial charge in [-0.1, -0.05) is 0 Å². The third-order valence-corrected chi connectivity index (χ3v) is 4.43. The van der Waals surface area contributed by atoms with E-state index in [1.54, 1.807) is 37.5 Å². The van der Waals surface area contributed by atoms with Crippen molar-refractivity contribution < 1.29 is 13.9 Å². The zero-order valence-corrected chi connectivity index (χ0v) is 13.9. The minimum absolute atomic E-state index is 0.0733. The second-order valence-electron chi connectivity index (χ2n) is 6.21. The Morgan fingerprint density at radius 2 is 2.08 bits per heavy atom. The van der Waals surface area contributed by atoms with E-state index in [-0.39, 0.29) is 18.1 Å². The van der Waals surface area contributed by atoms with Crippen LogP contribution in [-0.4, -0.2) is 28.5 Å². The second kappa shape index (κ2) is 6.64. The van der Waals surface area contributed by atoms with E-state index in [0.29, 0.717) is 23.6 Å². The number of aromatic nitrogens is 2. The lowest BCUT2D eigenvalue weighted by molar-refractivity contribution is -0.00950. The topological polar surface area (TPSA) is 77.2 Å². The van der Waals surface area contributed by atoms with Crippen molar-refractivity contribution in [3.05, 3.63) is 59.7 Å². The van der Waals surface area contributed by atoms with Gasteiger partial charge in [-0.15, -0.1) is 0 Å². The molecule has 1 saturated heterocycles. The highest BCUT2D eigenvalue weighted by Crippen LogP contribution is 2.28. The average Bonchev–Trinajstić information content (AvgIpc) is 3.02. The molecule has 3 heterocycles. The highest BCUT2D eigenvalue weighted by molar-refractivity contribution is 5.97. The van der Waals surface area contributed by atoms with Crippen molar-refractivity contribution in [2.24, 2.45) is 0 Å². The van der Waals surface area contributed by atoms with Gasteiger partial charge in [0.05, 0.1) is 6.04 Å². The third kappa shape index (κ3) is 3.25. The summed E-state index contributed by atoms with van der Waals surface area (Å²) < 4.78 is 11.4. The highest BCUT2D eigenvalue weighted by Gasteiger charge is 2.29. The fourth-order valence-corrected chi connectivity index (χ4v) is 3.24. The van der Waals surface area contributed by atoms with Crippen LogP contribution >= 0.6 is 0 Å². The number of benzene rings is 1. The molecule has 128 valence electrons. The van der Waals surface area contributed by atoms with Crippen LogP contribution in [0.2, 0.25) is 0 Å². The summed E-state index contributed by atoms with van der Waals surface area (Å²) in [5.41, 5.74) is 2.96. The maximum absolute atomic E-state index is 12.7. The molecule has 4 rings (SSSR count). The second-order valence-corrected chi connectivity index (χ2v) is 6.21. The molecule has 0 aliphatic carbocycles. The Balaban J connectivity index is 1.55. The molecule has 2 aromatic heterocycles. The van der Waals surface area contributed by atoms with Crippen LogP contribution in [-0.2, 0) is 4.74 Å². The van der Waals surface area contributed by atoms with Crippen molar-refractivity contribution in [3.8, 4) is 0 Å². The van der Waals surface area contributed by atoms with E-state index in [4.69, 9.17) is 9.15 Å². The van der Waals surface area contributed by atoms with E-state index in [0.717, 1.165) is 23.9 Å². The normalized spacial score (nSPS) is 20.5. The van der Waals surface area contributed by atoms with Crippen LogP contribution in [0.15, 0.2) is 47.1 Å². The molecule has 1 aliphatic rings. The predicted octanol–water partition coefficient (Wildman–Crippen LogP) is 3.18. The van der Waals surface area contributed by atoms with Crippen molar-refractivity contribution in [1.29, 1.82) is 0 Å².